The minimum Gasteiger partial charge on any atom is -0.345 e. The van der Waals surface area contributed by atoms with Gasteiger partial charge in [-0.15, -0.1) is 0 Å². The van der Waals surface area contributed by atoms with E-state index >= 15 is 0 Å². The number of aromatic nitrogens is 1. The Balaban J connectivity index is 1.34. The molecule has 2 aromatic carbocycles. The Labute approximate surface area is 175 Å². The summed E-state index contributed by atoms with van der Waals surface area (Å²) in [6.07, 6.45) is 2.34. The molecule has 3 aromatic rings. The van der Waals surface area contributed by atoms with Crippen molar-refractivity contribution >= 4 is 10.9 Å². The first kappa shape index (κ1) is 20.2. The van der Waals surface area contributed by atoms with Crippen LogP contribution in [-0.2, 0) is 19.5 Å². The average Bonchev–Trinajstić information content (AvgIpc) is 2.99. The van der Waals surface area contributed by atoms with Gasteiger partial charge in [-0.1, -0.05) is 43.3 Å². The van der Waals surface area contributed by atoms with Crippen LogP contribution in [0.4, 0.5) is 0 Å². The maximum atomic E-state index is 2.62. The lowest BCUT2D eigenvalue weighted by Gasteiger charge is -2.34. The van der Waals surface area contributed by atoms with Gasteiger partial charge in [0.2, 0.25) is 0 Å². The molecular formula is C26H35N3. The van der Waals surface area contributed by atoms with Crippen LogP contribution >= 0.6 is 0 Å². The van der Waals surface area contributed by atoms with E-state index in [1.54, 1.807) is 0 Å². The molecule has 0 atom stereocenters. The number of benzene rings is 2. The summed E-state index contributed by atoms with van der Waals surface area (Å²) in [5, 5.41) is 1.44. The molecule has 29 heavy (non-hydrogen) atoms. The summed E-state index contributed by atoms with van der Waals surface area (Å²) in [5.74, 6) is 0. The second-order valence-corrected chi connectivity index (χ2v) is 8.57. The highest BCUT2D eigenvalue weighted by Crippen LogP contribution is 2.27. The molecule has 0 saturated carbocycles. The fourth-order valence-electron chi connectivity index (χ4n) is 4.67. The first-order chi connectivity index (χ1) is 14.2. The van der Waals surface area contributed by atoms with Crippen molar-refractivity contribution in [2.45, 2.75) is 46.7 Å². The van der Waals surface area contributed by atoms with Crippen molar-refractivity contribution < 1.29 is 0 Å². The SMILES string of the molecule is CCCn1c(C)c(C)c2cc(CN3CCN(CCc4ccccc4)CC3)ccc21. The van der Waals surface area contributed by atoms with E-state index in [2.05, 4.69) is 83.7 Å². The normalized spacial score (nSPS) is 16.0. The van der Waals surface area contributed by atoms with E-state index in [-0.39, 0.29) is 0 Å². The zero-order valence-electron chi connectivity index (χ0n) is 18.3. The Morgan fingerprint density at radius 2 is 1.52 bits per heavy atom. The van der Waals surface area contributed by atoms with Gasteiger partial charge in [0, 0.05) is 62.4 Å². The fraction of sp³-hybridized carbons (Fsp3) is 0.462. The molecule has 4 rings (SSSR count). The topological polar surface area (TPSA) is 11.4 Å². The van der Waals surface area contributed by atoms with Crippen molar-refractivity contribution in [2.75, 3.05) is 32.7 Å². The van der Waals surface area contributed by atoms with E-state index < -0.39 is 0 Å². The molecule has 0 bridgehead atoms. The summed E-state index contributed by atoms with van der Waals surface area (Å²) in [6.45, 7) is 14.9. The number of aryl methyl sites for hydroxylation is 2. The van der Waals surface area contributed by atoms with Crippen LogP contribution in [0, 0.1) is 13.8 Å². The van der Waals surface area contributed by atoms with Crippen LogP contribution in [0.1, 0.15) is 35.7 Å². The first-order valence-electron chi connectivity index (χ1n) is 11.2. The second-order valence-electron chi connectivity index (χ2n) is 8.57. The highest BCUT2D eigenvalue weighted by Gasteiger charge is 2.17. The predicted molar refractivity (Wildman–Crippen MR) is 124 cm³/mol. The fourth-order valence-corrected chi connectivity index (χ4v) is 4.67. The summed E-state index contributed by atoms with van der Waals surface area (Å²) in [7, 11) is 0. The molecule has 3 heteroatoms. The number of piperazine rings is 1. The molecule has 0 spiro atoms. The van der Waals surface area contributed by atoms with Crippen LogP contribution in [0.5, 0.6) is 0 Å². The van der Waals surface area contributed by atoms with Crippen LogP contribution in [-0.4, -0.2) is 47.1 Å². The molecule has 1 fully saturated rings. The number of rotatable bonds is 7. The van der Waals surface area contributed by atoms with Gasteiger partial charge in [0.05, 0.1) is 0 Å². The van der Waals surface area contributed by atoms with Crippen LogP contribution in [0.2, 0.25) is 0 Å². The lowest BCUT2D eigenvalue weighted by atomic mass is 10.1. The lowest BCUT2D eigenvalue weighted by molar-refractivity contribution is 0.128. The predicted octanol–water partition coefficient (Wildman–Crippen LogP) is 5.03. The molecule has 0 N–H and O–H groups in total. The number of fused-ring (bicyclic) bond motifs is 1. The molecule has 3 nitrogen and oxygen atoms in total. The zero-order valence-corrected chi connectivity index (χ0v) is 18.3. The van der Waals surface area contributed by atoms with Crippen LogP contribution in [0.15, 0.2) is 48.5 Å². The molecule has 0 aliphatic carbocycles. The molecule has 0 unspecified atom stereocenters. The summed E-state index contributed by atoms with van der Waals surface area (Å²) in [6, 6.07) is 18.0. The smallest absolute Gasteiger partial charge is 0.0485 e. The highest BCUT2D eigenvalue weighted by atomic mass is 15.3. The minimum atomic E-state index is 1.07. The van der Waals surface area contributed by atoms with E-state index in [4.69, 9.17) is 0 Å². The number of hydrogen-bond donors (Lipinski definition) is 0. The van der Waals surface area contributed by atoms with E-state index in [9.17, 15) is 0 Å². The molecule has 154 valence electrons. The maximum Gasteiger partial charge on any atom is 0.0485 e. The number of nitrogens with zero attached hydrogens (tertiary/aromatic N) is 3. The highest BCUT2D eigenvalue weighted by molar-refractivity contribution is 5.86. The molecular weight excluding hydrogens is 354 g/mol. The molecule has 1 aliphatic rings. The summed E-state index contributed by atoms with van der Waals surface area (Å²) in [5.41, 5.74) is 7.17. The van der Waals surface area contributed by atoms with Gasteiger partial charge in [0.1, 0.15) is 0 Å². The zero-order chi connectivity index (χ0) is 20.2. The molecule has 1 aromatic heterocycles. The van der Waals surface area contributed by atoms with Gasteiger partial charge in [-0.2, -0.15) is 0 Å². The van der Waals surface area contributed by atoms with Gasteiger partial charge < -0.3 is 9.47 Å². The first-order valence-corrected chi connectivity index (χ1v) is 11.2. The van der Waals surface area contributed by atoms with Gasteiger partial charge >= 0.3 is 0 Å². The Morgan fingerprint density at radius 1 is 0.793 bits per heavy atom. The van der Waals surface area contributed by atoms with Gasteiger partial charge in [-0.3, -0.25) is 4.90 Å². The van der Waals surface area contributed by atoms with Crippen molar-refractivity contribution in [1.29, 1.82) is 0 Å². The maximum absolute atomic E-state index is 2.62. The van der Waals surface area contributed by atoms with Crippen molar-refractivity contribution in [3.05, 3.63) is 70.9 Å². The monoisotopic (exact) mass is 389 g/mol. The van der Waals surface area contributed by atoms with Crippen LogP contribution in [0.25, 0.3) is 10.9 Å². The van der Waals surface area contributed by atoms with Crippen LogP contribution in [0.3, 0.4) is 0 Å². The molecule has 0 radical (unpaired) electrons. The van der Waals surface area contributed by atoms with E-state index in [1.165, 1.54) is 72.4 Å². The quantitative estimate of drug-likeness (QED) is 0.561. The molecule has 0 amide bonds. The van der Waals surface area contributed by atoms with Crippen molar-refractivity contribution in [3.8, 4) is 0 Å². The van der Waals surface area contributed by atoms with E-state index in [1.807, 2.05) is 0 Å². The summed E-state index contributed by atoms with van der Waals surface area (Å²) in [4.78, 5) is 5.23. The Kier molecular flexibility index (Phi) is 6.37. The van der Waals surface area contributed by atoms with Crippen molar-refractivity contribution in [2.24, 2.45) is 0 Å². The van der Waals surface area contributed by atoms with Gasteiger partial charge in [-0.25, -0.2) is 0 Å². The summed E-state index contributed by atoms with van der Waals surface area (Å²) >= 11 is 0. The standard InChI is InChI=1S/C26H35N3/c1-4-13-29-22(3)21(2)25-19-24(10-11-26(25)29)20-28-17-15-27(16-18-28)14-12-23-8-6-5-7-9-23/h5-11,19H,4,12-18,20H2,1-3H3. The minimum absolute atomic E-state index is 1.07. The average molecular weight is 390 g/mol. The lowest BCUT2D eigenvalue weighted by Crippen LogP contribution is -2.46. The molecule has 1 aliphatic heterocycles. The Morgan fingerprint density at radius 3 is 2.24 bits per heavy atom. The molecule has 1 saturated heterocycles. The van der Waals surface area contributed by atoms with Gasteiger partial charge in [0.15, 0.2) is 0 Å². The Bertz CT molecular complexity index is 933. The second kappa shape index (κ2) is 9.15. The van der Waals surface area contributed by atoms with Gasteiger partial charge in [0.25, 0.3) is 0 Å². The Hall–Kier alpha value is -2.10. The van der Waals surface area contributed by atoms with E-state index in [0.717, 1.165) is 19.5 Å². The largest absolute Gasteiger partial charge is 0.345 e. The van der Waals surface area contributed by atoms with Gasteiger partial charge in [-0.05, 0) is 55.5 Å². The van der Waals surface area contributed by atoms with E-state index in [0.29, 0.717) is 0 Å². The molecule has 2 heterocycles. The van der Waals surface area contributed by atoms with Crippen molar-refractivity contribution in [3.63, 3.8) is 0 Å². The summed E-state index contributed by atoms with van der Waals surface area (Å²) < 4.78 is 2.49. The number of hydrogen-bond acceptors (Lipinski definition) is 2. The van der Waals surface area contributed by atoms with Crippen LogP contribution < -0.4 is 0 Å². The third-order valence-corrected chi connectivity index (χ3v) is 6.58. The third kappa shape index (κ3) is 4.57. The third-order valence-electron chi connectivity index (χ3n) is 6.58. The van der Waals surface area contributed by atoms with Crippen molar-refractivity contribution in [1.82, 2.24) is 14.4 Å².